The van der Waals surface area contributed by atoms with Gasteiger partial charge in [-0.1, -0.05) is 36.4 Å². The van der Waals surface area contributed by atoms with Gasteiger partial charge in [0.1, 0.15) is 0 Å². The molecule has 2 heterocycles. The van der Waals surface area contributed by atoms with Gasteiger partial charge in [-0.05, 0) is 47.5 Å². The Kier molecular flexibility index (Phi) is 4.34. The van der Waals surface area contributed by atoms with Gasteiger partial charge in [0.25, 0.3) is 5.56 Å². The summed E-state index contributed by atoms with van der Waals surface area (Å²) in [5.41, 5.74) is 4.03. The number of aromatic nitrogens is 2. The van der Waals surface area contributed by atoms with Gasteiger partial charge in [0.15, 0.2) is 0 Å². The minimum absolute atomic E-state index is 0.165. The Morgan fingerprint density at radius 2 is 1.52 bits per heavy atom. The van der Waals surface area contributed by atoms with Crippen molar-refractivity contribution in [3.8, 4) is 34.0 Å². The second kappa shape index (κ2) is 7.11. The van der Waals surface area contributed by atoms with E-state index in [-0.39, 0.29) is 5.56 Å². The first-order valence-corrected chi connectivity index (χ1v) is 8.50. The third-order valence-corrected chi connectivity index (χ3v) is 4.40. The fourth-order valence-corrected chi connectivity index (χ4v) is 3.07. The first-order valence-electron chi connectivity index (χ1n) is 8.50. The summed E-state index contributed by atoms with van der Waals surface area (Å²) >= 11 is 0. The van der Waals surface area contributed by atoms with E-state index in [1.807, 2.05) is 60.8 Å². The number of para-hydroxylation sites is 1. The van der Waals surface area contributed by atoms with Crippen LogP contribution in [-0.2, 0) is 0 Å². The quantitative estimate of drug-likeness (QED) is 0.549. The molecule has 0 fully saturated rings. The van der Waals surface area contributed by atoms with Crippen molar-refractivity contribution >= 4 is 0 Å². The number of hydrogen-bond donors (Lipinski definition) is 0. The third kappa shape index (κ3) is 3.14. The standard InChI is InChI=1S/C23H15N3O/c24-15-18-6-4-5-9-21(18)22-14-19(17-10-12-25-13-11-17)16-26(23(22)27)20-7-2-1-3-8-20/h1-14,16H. The maximum atomic E-state index is 13.3. The van der Waals surface area contributed by atoms with Crippen LogP contribution < -0.4 is 5.56 Å². The highest BCUT2D eigenvalue weighted by Crippen LogP contribution is 2.26. The molecule has 0 radical (unpaired) electrons. The van der Waals surface area contributed by atoms with Crippen LogP contribution in [0.1, 0.15) is 5.56 Å². The summed E-state index contributed by atoms with van der Waals surface area (Å²) in [5, 5.41) is 9.48. The SMILES string of the molecule is N#Cc1ccccc1-c1cc(-c2ccncc2)cn(-c2ccccc2)c1=O. The van der Waals surface area contributed by atoms with Crippen molar-refractivity contribution in [2.45, 2.75) is 0 Å². The van der Waals surface area contributed by atoms with E-state index in [0.717, 1.165) is 16.8 Å². The summed E-state index contributed by atoms with van der Waals surface area (Å²) in [6.45, 7) is 0. The van der Waals surface area contributed by atoms with Crippen molar-refractivity contribution < 1.29 is 0 Å². The van der Waals surface area contributed by atoms with Gasteiger partial charge < -0.3 is 0 Å². The van der Waals surface area contributed by atoms with Crippen LogP contribution in [0.3, 0.4) is 0 Å². The zero-order valence-corrected chi connectivity index (χ0v) is 14.4. The number of pyridine rings is 2. The second-order valence-corrected chi connectivity index (χ2v) is 6.05. The molecule has 0 N–H and O–H groups in total. The summed E-state index contributed by atoms with van der Waals surface area (Å²) in [6.07, 6.45) is 5.26. The van der Waals surface area contributed by atoms with E-state index >= 15 is 0 Å². The fourth-order valence-electron chi connectivity index (χ4n) is 3.07. The average Bonchev–Trinajstić information content (AvgIpc) is 2.75. The predicted octanol–water partition coefficient (Wildman–Crippen LogP) is 4.44. The molecule has 0 saturated carbocycles. The Hall–Kier alpha value is -3.97. The van der Waals surface area contributed by atoms with Crippen LogP contribution in [0.25, 0.3) is 27.9 Å². The first-order chi connectivity index (χ1) is 13.3. The van der Waals surface area contributed by atoms with E-state index in [9.17, 15) is 10.1 Å². The molecule has 0 aliphatic heterocycles. The molecule has 27 heavy (non-hydrogen) atoms. The Morgan fingerprint density at radius 3 is 2.26 bits per heavy atom. The number of rotatable bonds is 3. The van der Waals surface area contributed by atoms with Crippen LogP contribution in [0, 0.1) is 11.3 Å². The molecule has 128 valence electrons. The predicted molar refractivity (Wildman–Crippen MR) is 105 cm³/mol. The topological polar surface area (TPSA) is 58.7 Å². The molecule has 0 unspecified atom stereocenters. The van der Waals surface area contributed by atoms with E-state index in [2.05, 4.69) is 11.1 Å². The highest BCUT2D eigenvalue weighted by Gasteiger charge is 2.14. The van der Waals surface area contributed by atoms with Crippen LogP contribution in [-0.4, -0.2) is 9.55 Å². The van der Waals surface area contributed by atoms with Crippen molar-refractivity contribution in [1.82, 2.24) is 9.55 Å². The highest BCUT2D eigenvalue weighted by molar-refractivity contribution is 5.75. The maximum absolute atomic E-state index is 13.3. The van der Waals surface area contributed by atoms with Gasteiger partial charge in [-0.3, -0.25) is 14.3 Å². The van der Waals surface area contributed by atoms with Gasteiger partial charge in [0, 0.05) is 35.4 Å². The van der Waals surface area contributed by atoms with E-state index in [1.54, 1.807) is 35.2 Å². The van der Waals surface area contributed by atoms with Gasteiger partial charge in [-0.15, -0.1) is 0 Å². The van der Waals surface area contributed by atoms with Crippen molar-refractivity contribution in [1.29, 1.82) is 5.26 Å². The van der Waals surface area contributed by atoms with Crippen LogP contribution in [0.5, 0.6) is 0 Å². The molecule has 2 aromatic heterocycles. The Labute approximate surface area is 156 Å². The largest absolute Gasteiger partial charge is 0.283 e. The molecule has 0 bridgehead atoms. The number of hydrogen-bond acceptors (Lipinski definition) is 3. The molecule has 4 rings (SSSR count). The number of nitrogens with zero attached hydrogens (tertiary/aromatic N) is 3. The maximum Gasteiger partial charge on any atom is 0.263 e. The van der Waals surface area contributed by atoms with Crippen LogP contribution in [0.4, 0.5) is 0 Å². The van der Waals surface area contributed by atoms with Crippen LogP contribution in [0.15, 0.2) is 96.2 Å². The van der Waals surface area contributed by atoms with E-state index < -0.39 is 0 Å². The van der Waals surface area contributed by atoms with Gasteiger partial charge >= 0.3 is 0 Å². The molecule has 0 aliphatic carbocycles. The minimum atomic E-state index is -0.165. The molecule has 0 saturated heterocycles. The van der Waals surface area contributed by atoms with Crippen molar-refractivity contribution in [3.63, 3.8) is 0 Å². The second-order valence-electron chi connectivity index (χ2n) is 6.05. The summed E-state index contributed by atoms with van der Waals surface area (Å²) in [6, 6.07) is 24.4. The molecular formula is C23H15N3O. The molecular weight excluding hydrogens is 334 g/mol. The molecule has 4 nitrogen and oxygen atoms in total. The van der Waals surface area contributed by atoms with Crippen molar-refractivity contribution in [2.24, 2.45) is 0 Å². The normalized spacial score (nSPS) is 10.3. The van der Waals surface area contributed by atoms with E-state index in [4.69, 9.17) is 0 Å². The van der Waals surface area contributed by atoms with Gasteiger partial charge in [0.05, 0.1) is 11.6 Å². The Balaban J connectivity index is 2.04. The fraction of sp³-hybridized carbons (Fsp3) is 0. The lowest BCUT2D eigenvalue weighted by atomic mass is 9.98. The minimum Gasteiger partial charge on any atom is -0.283 e. The molecule has 4 aromatic rings. The lowest BCUT2D eigenvalue weighted by Crippen LogP contribution is -2.20. The highest BCUT2D eigenvalue weighted by atomic mass is 16.1. The summed E-state index contributed by atoms with van der Waals surface area (Å²) in [5.74, 6) is 0. The van der Waals surface area contributed by atoms with Gasteiger partial charge in [0.2, 0.25) is 0 Å². The van der Waals surface area contributed by atoms with Crippen molar-refractivity contribution in [3.05, 3.63) is 107 Å². The molecule has 0 spiro atoms. The number of nitriles is 1. The lowest BCUT2D eigenvalue weighted by Gasteiger charge is -2.13. The molecule has 4 heteroatoms. The molecule has 2 aromatic carbocycles. The van der Waals surface area contributed by atoms with Crippen LogP contribution >= 0.6 is 0 Å². The number of benzene rings is 2. The Morgan fingerprint density at radius 1 is 0.815 bits per heavy atom. The van der Waals surface area contributed by atoms with Crippen molar-refractivity contribution in [2.75, 3.05) is 0 Å². The zero-order valence-electron chi connectivity index (χ0n) is 14.4. The van der Waals surface area contributed by atoms with Gasteiger partial charge in [-0.25, -0.2) is 0 Å². The van der Waals surface area contributed by atoms with E-state index in [0.29, 0.717) is 16.7 Å². The summed E-state index contributed by atoms with van der Waals surface area (Å²) < 4.78 is 1.62. The average molecular weight is 349 g/mol. The molecule has 0 aliphatic rings. The first kappa shape index (κ1) is 16.5. The lowest BCUT2D eigenvalue weighted by molar-refractivity contribution is 0.995. The zero-order chi connectivity index (χ0) is 18.6. The Bertz CT molecular complexity index is 1190. The molecule has 0 atom stereocenters. The summed E-state index contributed by atoms with van der Waals surface area (Å²) in [4.78, 5) is 17.3. The van der Waals surface area contributed by atoms with Crippen LogP contribution in [0.2, 0.25) is 0 Å². The smallest absolute Gasteiger partial charge is 0.263 e. The molecule has 0 amide bonds. The third-order valence-electron chi connectivity index (χ3n) is 4.40. The van der Waals surface area contributed by atoms with E-state index in [1.165, 1.54) is 0 Å². The van der Waals surface area contributed by atoms with Gasteiger partial charge in [-0.2, -0.15) is 5.26 Å². The monoisotopic (exact) mass is 349 g/mol. The summed E-state index contributed by atoms with van der Waals surface area (Å²) in [7, 11) is 0.